The van der Waals surface area contributed by atoms with Crippen LogP contribution in [-0.4, -0.2) is 16.4 Å². The third kappa shape index (κ3) is 3.23. The summed E-state index contributed by atoms with van der Waals surface area (Å²) in [5, 5.41) is 3.96. The number of carbonyl (C=O) groups is 1. The summed E-state index contributed by atoms with van der Waals surface area (Å²) >= 11 is 0. The number of aromatic nitrogens is 2. The molecule has 2 rings (SSSR count). The first-order chi connectivity index (χ1) is 9.40. The van der Waals surface area contributed by atoms with Gasteiger partial charge in [-0.1, -0.05) is 38.1 Å². The van der Waals surface area contributed by atoms with E-state index in [4.69, 9.17) is 9.26 Å². The standard InChI is InChI=1S/C15H18N2O3/c1-10(13-16-14(17-20-13)15(2,3)4)19-12-7-5-6-11(8-12)9-18/h5-10H,1-4H3. The van der Waals surface area contributed by atoms with Crippen LogP contribution in [0.5, 0.6) is 5.75 Å². The Kier molecular flexibility index (Phi) is 3.88. The maximum absolute atomic E-state index is 10.7. The maximum atomic E-state index is 10.7. The summed E-state index contributed by atoms with van der Waals surface area (Å²) in [6.07, 6.45) is 0.405. The zero-order valence-electron chi connectivity index (χ0n) is 12.1. The topological polar surface area (TPSA) is 65.2 Å². The highest BCUT2D eigenvalue weighted by Crippen LogP contribution is 2.24. The number of benzene rings is 1. The third-order valence-electron chi connectivity index (χ3n) is 2.77. The summed E-state index contributed by atoms with van der Waals surface area (Å²) in [7, 11) is 0. The van der Waals surface area contributed by atoms with Crippen LogP contribution in [0.1, 0.15) is 55.9 Å². The minimum Gasteiger partial charge on any atom is -0.481 e. The van der Waals surface area contributed by atoms with Crippen LogP contribution in [0.2, 0.25) is 0 Å². The van der Waals surface area contributed by atoms with Gasteiger partial charge in [-0.05, 0) is 19.1 Å². The van der Waals surface area contributed by atoms with Crippen LogP contribution in [0.25, 0.3) is 0 Å². The van der Waals surface area contributed by atoms with Crippen LogP contribution < -0.4 is 4.74 Å². The van der Waals surface area contributed by atoms with Gasteiger partial charge in [-0.3, -0.25) is 4.79 Å². The average Bonchev–Trinajstić information content (AvgIpc) is 2.88. The van der Waals surface area contributed by atoms with Crippen molar-refractivity contribution in [3.63, 3.8) is 0 Å². The van der Waals surface area contributed by atoms with Crippen molar-refractivity contribution < 1.29 is 14.1 Å². The normalized spacial score (nSPS) is 13.0. The first-order valence-electron chi connectivity index (χ1n) is 6.46. The van der Waals surface area contributed by atoms with Gasteiger partial charge in [-0.25, -0.2) is 0 Å². The van der Waals surface area contributed by atoms with Gasteiger partial charge < -0.3 is 9.26 Å². The molecule has 0 saturated carbocycles. The molecular weight excluding hydrogens is 256 g/mol. The Hall–Kier alpha value is -2.17. The van der Waals surface area contributed by atoms with E-state index in [0.29, 0.717) is 23.0 Å². The maximum Gasteiger partial charge on any atom is 0.267 e. The van der Waals surface area contributed by atoms with Gasteiger partial charge in [-0.15, -0.1) is 0 Å². The molecule has 0 N–H and O–H groups in total. The van der Waals surface area contributed by atoms with E-state index < -0.39 is 0 Å². The lowest BCUT2D eigenvalue weighted by Crippen LogP contribution is -2.13. The highest BCUT2D eigenvalue weighted by Gasteiger charge is 2.23. The fraction of sp³-hybridized carbons (Fsp3) is 0.400. The molecule has 0 bridgehead atoms. The van der Waals surface area contributed by atoms with Crippen molar-refractivity contribution in [1.29, 1.82) is 0 Å². The van der Waals surface area contributed by atoms with Crippen molar-refractivity contribution in [2.45, 2.75) is 39.2 Å². The summed E-state index contributed by atoms with van der Waals surface area (Å²) in [6, 6.07) is 6.93. The quantitative estimate of drug-likeness (QED) is 0.800. The van der Waals surface area contributed by atoms with Crippen molar-refractivity contribution in [3.05, 3.63) is 41.5 Å². The van der Waals surface area contributed by atoms with Gasteiger partial charge in [0.25, 0.3) is 5.89 Å². The molecule has 106 valence electrons. The van der Waals surface area contributed by atoms with Crippen molar-refractivity contribution in [3.8, 4) is 5.75 Å². The smallest absolute Gasteiger partial charge is 0.267 e. The molecule has 0 aliphatic heterocycles. The Balaban J connectivity index is 2.13. The van der Waals surface area contributed by atoms with Crippen LogP contribution >= 0.6 is 0 Å². The molecule has 1 aromatic carbocycles. The van der Waals surface area contributed by atoms with Gasteiger partial charge in [0.2, 0.25) is 0 Å². The fourth-order valence-corrected chi connectivity index (χ4v) is 1.62. The average molecular weight is 274 g/mol. The highest BCUT2D eigenvalue weighted by atomic mass is 16.5. The van der Waals surface area contributed by atoms with Gasteiger partial charge in [0.15, 0.2) is 11.9 Å². The molecule has 1 heterocycles. The lowest BCUT2D eigenvalue weighted by molar-refractivity contribution is 0.112. The lowest BCUT2D eigenvalue weighted by Gasteiger charge is -2.12. The Morgan fingerprint density at radius 1 is 1.35 bits per heavy atom. The summed E-state index contributed by atoms with van der Waals surface area (Å²) in [5.74, 6) is 1.66. The van der Waals surface area contributed by atoms with E-state index in [1.54, 1.807) is 24.3 Å². The predicted molar refractivity (Wildman–Crippen MR) is 73.9 cm³/mol. The Labute approximate surface area is 118 Å². The number of nitrogens with zero attached hydrogens (tertiary/aromatic N) is 2. The van der Waals surface area contributed by atoms with Gasteiger partial charge in [0.05, 0.1) is 0 Å². The SMILES string of the molecule is CC(Oc1cccc(C=O)c1)c1nc(C(C)(C)C)no1. The largest absolute Gasteiger partial charge is 0.481 e. The number of rotatable bonds is 4. The van der Waals surface area contributed by atoms with E-state index in [1.165, 1.54) is 0 Å². The molecule has 0 aliphatic rings. The third-order valence-corrected chi connectivity index (χ3v) is 2.77. The van der Waals surface area contributed by atoms with Crippen LogP contribution in [-0.2, 0) is 5.41 Å². The number of hydrogen-bond acceptors (Lipinski definition) is 5. The van der Waals surface area contributed by atoms with Gasteiger partial charge in [0, 0.05) is 11.0 Å². The molecular formula is C15H18N2O3. The predicted octanol–water partition coefficient (Wildman–Crippen LogP) is 3.32. The van der Waals surface area contributed by atoms with Crippen molar-refractivity contribution in [2.75, 3.05) is 0 Å². The van der Waals surface area contributed by atoms with Crippen LogP contribution in [0.4, 0.5) is 0 Å². The second-order valence-corrected chi connectivity index (χ2v) is 5.66. The van der Waals surface area contributed by atoms with Gasteiger partial charge in [-0.2, -0.15) is 4.98 Å². The molecule has 20 heavy (non-hydrogen) atoms. The lowest BCUT2D eigenvalue weighted by atomic mass is 9.96. The molecule has 2 aromatic rings. The minimum absolute atomic E-state index is 0.168. The van der Waals surface area contributed by atoms with Crippen LogP contribution in [0.3, 0.4) is 0 Å². The van der Waals surface area contributed by atoms with E-state index in [-0.39, 0.29) is 11.5 Å². The van der Waals surface area contributed by atoms with E-state index in [2.05, 4.69) is 10.1 Å². The molecule has 5 nitrogen and oxygen atoms in total. The van der Waals surface area contributed by atoms with E-state index in [9.17, 15) is 4.79 Å². The molecule has 1 unspecified atom stereocenters. The number of ether oxygens (including phenoxy) is 1. The number of hydrogen-bond donors (Lipinski definition) is 0. The zero-order chi connectivity index (χ0) is 14.8. The summed E-state index contributed by atoms with van der Waals surface area (Å²) in [5.41, 5.74) is 0.398. The first-order valence-corrected chi connectivity index (χ1v) is 6.46. The summed E-state index contributed by atoms with van der Waals surface area (Å²) < 4.78 is 10.9. The van der Waals surface area contributed by atoms with Crippen LogP contribution in [0.15, 0.2) is 28.8 Å². The zero-order valence-corrected chi connectivity index (χ0v) is 12.1. The monoisotopic (exact) mass is 274 g/mol. The van der Waals surface area contributed by atoms with Gasteiger partial charge in [0.1, 0.15) is 12.0 Å². The molecule has 1 aromatic heterocycles. The Morgan fingerprint density at radius 2 is 2.10 bits per heavy atom. The first kappa shape index (κ1) is 14.2. The molecule has 0 aliphatic carbocycles. The van der Waals surface area contributed by atoms with Crippen LogP contribution in [0, 0.1) is 0 Å². The highest BCUT2D eigenvalue weighted by molar-refractivity contribution is 5.75. The van der Waals surface area contributed by atoms with Crippen molar-refractivity contribution in [1.82, 2.24) is 10.1 Å². The molecule has 0 spiro atoms. The number of carbonyl (C=O) groups excluding carboxylic acids is 1. The summed E-state index contributed by atoms with van der Waals surface area (Å²) in [4.78, 5) is 15.1. The Morgan fingerprint density at radius 3 is 2.70 bits per heavy atom. The molecule has 0 fully saturated rings. The van der Waals surface area contributed by atoms with E-state index in [1.807, 2.05) is 27.7 Å². The van der Waals surface area contributed by atoms with E-state index in [0.717, 1.165) is 6.29 Å². The van der Waals surface area contributed by atoms with Gasteiger partial charge >= 0.3 is 0 Å². The fourth-order valence-electron chi connectivity index (χ4n) is 1.62. The van der Waals surface area contributed by atoms with Crippen molar-refractivity contribution >= 4 is 6.29 Å². The molecule has 0 amide bonds. The second-order valence-electron chi connectivity index (χ2n) is 5.66. The second kappa shape index (κ2) is 5.45. The van der Waals surface area contributed by atoms with Crippen molar-refractivity contribution in [2.24, 2.45) is 0 Å². The summed E-state index contributed by atoms with van der Waals surface area (Å²) in [6.45, 7) is 7.87. The molecule has 1 atom stereocenters. The Bertz CT molecular complexity index is 599. The molecule has 0 radical (unpaired) electrons. The molecule has 5 heteroatoms. The van der Waals surface area contributed by atoms with E-state index >= 15 is 0 Å². The number of aldehydes is 1. The minimum atomic E-state index is -0.375. The molecule has 0 saturated heterocycles.